The van der Waals surface area contributed by atoms with Crippen LogP contribution in [0.5, 0.6) is 5.75 Å². The standard InChI is InChI=1S/C18H15N3O2/c1-11-3-8-14-16(9-11)19-10-15-17(14)20-21(18(15)22)12-4-6-13(23-2)7-5-12/h3-10,20H,1-2H3. The van der Waals surface area contributed by atoms with Gasteiger partial charge in [0.05, 0.1) is 29.2 Å². The van der Waals surface area contributed by atoms with Gasteiger partial charge < -0.3 is 4.74 Å². The molecule has 2 aromatic heterocycles. The Kier molecular flexibility index (Phi) is 2.94. The summed E-state index contributed by atoms with van der Waals surface area (Å²) in [5.41, 5.74) is 3.46. The van der Waals surface area contributed by atoms with Crippen molar-refractivity contribution in [2.24, 2.45) is 0 Å². The predicted octanol–water partition coefficient (Wildman–Crippen LogP) is 3.18. The number of nitrogens with zero attached hydrogens (tertiary/aromatic N) is 2. The fraction of sp³-hybridized carbons (Fsp3) is 0.111. The Morgan fingerprint density at radius 3 is 2.61 bits per heavy atom. The van der Waals surface area contributed by atoms with Crippen LogP contribution in [0.25, 0.3) is 27.5 Å². The molecule has 0 atom stereocenters. The quantitative estimate of drug-likeness (QED) is 0.619. The van der Waals surface area contributed by atoms with Gasteiger partial charge in [0.25, 0.3) is 5.56 Å². The van der Waals surface area contributed by atoms with Gasteiger partial charge in [0.1, 0.15) is 5.75 Å². The van der Waals surface area contributed by atoms with E-state index in [0.29, 0.717) is 5.39 Å². The van der Waals surface area contributed by atoms with E-state index in [-0.39, 0.29) is 5.56 Å². The average Bonchev–Trinajstić information content (AvgIpc) is 2.92. The maximum Gasteiger partial charge on any atom is 0.280 e. The zero-order chi connectivity index (χ0) is 16.0. The van der Waals surface area contributed by atoms with E-state index in [1.54, 1.807) is 13.3 Å². The number of ether oxygens (including phenoxy) is 1. The van der Waals surface area contributed by atoms with Crippen LogP contribution in [0, 0.1) is 6.92 Å². The first kappa shape index (κ1) is 13.6. The van der Waals surface area contributed by atoms with Gasteiger partial charge in [-0.25, -0.2) is 4.68 Å². The minimum Gasteiger partial charge on any atom is -0.497 e. The molecule has 2 heterocycles. The molecule has 0 spiro atoms. The third kappa shape index (κ3) is 2.09. The van der Waals surface area contributed by atoms with Crippen LogP contribution in [-0.4, -0.2) is 21.9 Å². The van der Waals surface area contributed by atoms with Gasteiger partial charge in [-0.3, -0.25) is 14.9 Å². The second-order valence-electron chi connectivity index (χ2n) is 5.52. The van der Waals surface area contributed by atoms with Crippen LogP contribution in [0.3, 0.4) is 0 Å². The molecule has 5 nitrogen and oxygen atoms in total. The molecule has 2 aromatic carbocycles. The monoisotopic (exact) mass is 305 g/mol. The van der Waals surface area contributed by atoms with E-state index in [2.05, 4.69) is 10.1 Å². The van der Waals surface area contributed by atoms with Crippen LogP contribution in [0.15, 0.2) is 53.5 Å². The maximum absolute atomic E-state index is 12.7. The minimum absolute atomic E-state index is 0.111. The second-order valence-corrected chi connectivity index (χ2v) is 5.52. The maximum atomic E-state index is 12.7. The summed E-state index contributed by atoms with van der Waals surface area (Å²) in [6.07, 6.45) is 1.63. The predicted molar refractivity (Wildman–Crippen MR) is 90.5 cm³/mol. The number of nitrogens with one attached hydrogen (secondary N) is 1. The van der Waals surface area contributed by atoms with Gasteiger partial charge in [-0.2, -0.15) is 0 Å². The summed E-state index contributed by atoms with van der Waals surface area (Å²) in [6.45, 7) is 2.02. The third-order valence-corrected chi connectivity index (χ3v) is 4.01. The topological polar surface area (TPSA) is 59.9 Å². The number of hydrogen-bond donors (Lipinski definition) is 1. The summed E-state index contributed by atoms with van der Waals surface area (Å²) in [7, 11) is 1.61. The number of rotatable bonds is 2. The first-order chi connectivity index (χ1) is 11.2. The highest BCUT2D eigenvalue weighted by molar-refractivity contribution is 6.02. The normalized spacial score (nSPS) is 11.2. The highest BCUT2D eigenvalue weighted by Gasteiger charge is 2.12. The molecule has 0 fully saturated rings. The molecular weight excluding hydrogens is 290 g/mol. The van der Waals surface area contributed by atoms with Gasteiger partial charge >= 0.3 is 0 Å². The zero-order valence-corrected chi connectivity index (χ0v) is 12.8. The van der Waals surface area contributed by atoms with E-state index in [0.717, 1.165) is 33.4 Å². The van der Waals surface area contributed by atoms with Crippen molar-refractivity contribution in [3.8, 4) is 11.4 Å². The third-order valence-electron chi connectivity index (χ3n) is 4.01. The Morgan fingerprint density at radius 1 is 1.09 bits per heavy atom. The van der Waals surface area contributed by atoms with Crippen molar-refractivity contribution in [1.29, 1.82) is 0 Å². The molecule has 23 heavy (non-hydrogen) atoms. The Morgan fingerprint density at radius 2 is 1.87 bits per heavy atom. The molecule has 0 saturated heterocycles. The Balaban J connectivity index is 1.99. The van der Waals surface area contributed by atoms with Crippen LogP contribution < -0.4 is 10.3 Å². The molecule has 0 aliphatic rings. The van der Waals surface area contributed by atoms with E-state index in [1.165, 1.54) is 4.68 Å². The molecule has 0 saturated carbocycles. The number of aromatic amines is 1. The highest BCUT2D eigenvalue weighted by Crippen LogP contribution is 2.22. The van der Waals surface area contributed by atoms with Gasteiger partial charge in [0, 0.05) is 11.6 Å². The lowest BCUT2D eigenvalue weighted by Crippen LogP contribution is -2.14. The Bertz CT molecular complexity index is 1080. The average molecular weight is 305 g/mol. The van der Waals surface area contributed by atoms with E-state index < -0.39 is 0 Å². The van der Waals surface area contributed by atoms with Gasteiger partial charge in [-0.05, 0) is 42.8 Å². The molecule has 4 rings (SSSR count). The second kappa shape index (κ2) is 4.98. The number of fused-ring (bicyclic) bond motifs is 3. The number of methoxy groups -OCH3 is 1. The SMILES string of the molecule is COc1ccc(-n2[nH]c3c(cnc4cc(C)ccc43)c2=O)cc1. The van der Waals surface area contributed by atoms with Crippen molar-refractivity contribution in [3.05, 3.63) is 64.6 Å². The van der Waals surface area contributed by atoms with Gasteiger partial charge in [-0.15, -0.1) is 0 Å². The van der Waals surface area contributed by atoms with E-state index in [1.807, 2.05) is 49.4 Å². The summed E-state index contributed by atoms with van der Waals surface area (Å²) in [5, 5.41) is 4.73. The molecular formula is C18H15N3O2. The molecule has 0 radical (unpaired) electrons. The van der Waals surface area contributed by atoms with E-state index in [9.17, 15) is 4.79 Å². The van der Waals surface area contributed by atoms with Gasteiger partial charge in [0.15, 0.2) is 0 Å². The van der Waals surface area contributed by atoms with Crippen molar-refractivity contribution in [3.63, 3.8) is 0 Å². The molecule has 0 aliphatic carbocycles. The van der Waals surface area contributed by atoms with Crippen molar-refractivity contribution >= 4 is 21.8 Å². The van der Waals surface area contributed by atoms with Crippen molar-refractivity contribution in [2.45, 2.75) is 6.92 Å². The molecule has 5 heteroatoms. The summed E-state index contributed by atoms with van der Waals surface area (Å²) >= 11 is 0. The highest BCUT2D eigenvalue weighted by atomic mass is 16.5. The minimum atomic E-state index is -0.111. The van der Waals surface area contributed by atoms with Crippen LogP contribution in [0.4, 0.5) is 0 Å². The molecule has 0 aliphatic heterocycles. The van der Waals surface area contributed by atoms with Crippen molar-refractivity contribution in [1.82, 2.24) is 14.8 Å². The molecule has 1 N–H and O–H groups in total. The Labute approximate surface area is 132 Å². The number of benzene rings is 2. The first-order valence-corrected chi connectivity index (χ1v) is 7.32. The molecule has 0 amide bonds. The summed E-state index contributed by atoms with van der Waals surface area (Å²) < 4.78 is 6.69. The lowest BCUT2D eigenvalue weighted by atomic mass is 10.1. The van der Waals surface area contributed by atoms with Crippen LogP contribution in [0.2, 0.25) is 0 Å². The number of hydrogen-bond acceptors (Lipinski definition) is 3. The largest absolute Gasteiger partial charge is 0.497 e. The summed E-state index contributed by atoms with van der Waals surface area (Å²) in [5.74, 6) is 0.750. The fourth-order valence-electron chi connectivity index (χ4n) is 2.78. The van der Waals surface area contributed by atoms with Crippen molar-refractivity contribution < 1.29 is 4.74 Å². The molecule has 0 bridgehead atoms. The summed E-state index contributed by atoms with van der Waals surface area (Å²) in [6, 6.07) is 13.4. The molecule has 4 aromatic rings. The smallest absolute Gasteiger partial charge is 0.280 e. The van der Waals surface area contributed by atoms with Crippen LogP contribution in [0.1, 0.15) is 5.56 Å². The first-order valence-electron chi connectivity index (χ1n) is 7.32. The van der Waals surface area contributed by atoms with E-state index in [4.69, 9.17) is 4.74 Å². The van der Waals surface area contributed by atoms with Crippen LogP contribution >= 0.6 is 0 Å². The number of aromatic nitrogens is 3. The fourth-order valence-corrected chi connectivity index (χ4v) is 2.78. The Hall–Kier alpha value is -3.08. The van der Waals surface area contributed by atoms with Gasteiger partial charge in [-0.1, -0.05) is 12.1 Å². The van der Waals surface area contributed by atoms with Crippen molar-refractivity contribution in [2.75, 3.05) is 7.11 Å². The molecule has 114 valence electrons. The van der Waals surface area contributed by atoms with E-state index >= 15 is 0 Å². The lowest BCUT2D eigenvalue weighted by Gasteiger charge is -2.03. The zero-order valence-electron chi connectivity index (χ0n) is 12.8. The number of H-pyrrole nitrogens is 1. The summed E-state index contributed by atoms with van der Waals surface area (Å²) in [4.78, 5) is 17.1. The lowest BCUT2D eigenvalue weighted by molar-refractivity contribution is 0.414. The van der Waals surface area contributed by atoms with Crippen LogP contribution in [-0.2, 0) is 0 Å². The molecule has 0 unspecified atom stereocenters. The van der Waals surface area contributed by atoms with Gasteiger partial charge in [0.2, 0.25) is 0 Å². The number of pyridine rings is 1. The number of aryl methyl sites for hydroxylation is 1.